The standard InChI is InChI=1S/C14H20F3N3O3/c1-4-9(5-2)20-8(3)6-10(19-20)12(21)18-11(13(22)23)7-14(15,16)17/h6,9,11H,4-5,7H2,1-3H3,(H,18,21)(H,22,23). The number of carboxylic acids is 1. The van der Waals surface area contributed by atoms with Gasteiger partial charge in [0.25, 0.3) is 5.91 Å². The molecule has 1 amide bonds. The van der Waals surface area contributed by atoms with Crippen molar-refractivity contribution in [1.82, 2.24) is 15.1 Å². The minimum Gasteiger partial charge on any atom is -0.480 e. The number of rotatable bonds is 7. The van der Waals surface area contributed by atoms with E-state index in [-0.39, 0.29) is 11.7 Å². The lowest BCUT2D eigenvalue weighted by Crippen LogP contribution is -2.43. The van der Waals surface area contributed by atoms with Crippen LogP contribution in [0.1, 0.15) is 55.3 Å². The molecule has 0 saturated heterocycles. The second-order valence-electron chi connectivity index (χ2n) is 5.27. The van der Waals surface area contributed by atoms with Crippen molar-refractivity contribution < 1.29 is 27.9 Å². The van der Waals surface area contributed by atoms with E-state index in [1.54, 1.807) is 11.6 Å². The highest BCUT2D eigenvalue weighted by atomic mass is 19.4. The molecule has 1 aromatic heterocycles. The summed E-state index contributed by atoms with van der Waals surface area (Å²) in [5.74, 6) is -2.68. The van der Waals surface area contributed by atoms with Crippen molar-refractivity contribution >= 4 is 11.9 Å². The molecule has 2 N–H and O–H groups in total. The Hall–Kier alpha value is -2.06. The molecule has 9 heteroatoms. The van der Waals surface area contributed by atoms with Crippen LogP contribution in [-0.2, 0) is 4.79 Å². The molecule has 23 heavy (non-hydrogen) atoms. The molecule has 0 bridgehead atoms. The van der Waals surface area contributed by atoms with Crippen molar-refractivity contribution in [2.45, 2.75) is 58.3 Å². The van der Waals surface area contributed by atoms with Crippen LogP contribution in [0, 0.1) is 6.92 Å². The first-order chi connectivity index (χ1) is 10.6. The summed E-state index contributed by atoms with van der Waals surface area (Å²) in [5.41, 5.74) is 0.592. The lowest BCUT2D eigenvalue weighted by atomic mass is 10.2. The zero-order valence-electron chi connectivity index (χ0n) is 13.1. The van der Waals surface area contributed by atoms with E-state index >= 15 is 0 Å². The number of carboxylic acid groups (broad SMARTS) is 1. The minimum absolute atomic E-state index is 0.0713. The Morgan fingerprint density at radius 2 is 1.91 bits per heavy atom. The molecule has 0 aliphatic heterocycles. The van der Waals surface area contributed by atoms with Gasteiger partial charge in [-0.25, -0.2) is 4.79 Å². The Bertz CT molecular complexity index is 565. The lowest BCUT2D eigenvalue weighted by molar-refractivity contribution is -0.157. The van der Waals surface area contributed by atoms with Crippen LogP contribution in [-0.4, -0.2) is 39.0 Å². The SMILES string of the molecule is CCC(CC)n1nc(C(=O)NC(CC(F)(F)F)C(=O)O)cc1C. The molecule has 1 heterocycles. The van der Waals surface area contributed by atoms with E-state index in [2.05, 4.69) is 5.10 Å². The normalized spacial score (nSPS) is 13.2. The third kappa shape index (κ3) is 5.26. The third-order valence-corrected chi connectivity index (χ3v) is 3.48. The maximum absolute atomic E-state index is 12.4. The molecule has 0 fully saturated rings. The lowest BCUT2D eigenvalue weighted by Gasteiger charge is -2.16. The van der Waals surface area contributed by atoms with E-state index in [0.29, 0.717) is 5.69 Å². The summed E-state index contributed by atoms with van der Waals surface area (Å²) in [6.07, 6.45) is -4.76. The number of carbonyl (C=O) groups excluding carboxylic acids is 1. The van der Waals surface area contributed by atoms with Gasteiger partial charge in [-0.3, -0.25) is 9.48 Å². The minimum atomic E-state index is -4.69. The van der Waals surface area contributed by atoms with Crippen LogP contribution in [0.2, 0.25) is 0 Å². The van der Waals surface area contributed by atoms with Gasteiger partial charge in [0.2, 0.25) is 0 Å². The van der Waals surface area contributed by atoms with E-state index in [1.807, 2.05) is 19.2 Å². The van der Waals surface area contributed by atoms with E-state index < -0.39 is 30.5 Å². The summed E-state index contributed by atoms with van der Waals surface area (Å²) in [4.78, 5) is 22.9. The predicted octanol–water partition coefficient (Wildman–Crippen LogP) is 2.69. The average molecular weight is 335 g/mol. The van der Waals surface area contributed by atoms with Crippen LogP contribution in [0.5, 0.6) is 0 Å². The Kier molecular flexibility index (Phi) is 6.17. The fourth-order valence-electron chi connectivity index (χ4n) is 2.27. The van der Waals surface area contributed by atoms with E-state index in [9.17, 15) is 22.8 Å². The van der Waals surface area contributed by atoms with E-state index in [0.717, 1.165) is 12.8 Å². The first-order valence-electron chi connectivity index (χ1n) is 7.25. The Morgan fingerprint density at radius 1 is 1.35 bits per heavy atom. The van der Waals surface area contributed by atoms with Gasteiger partial charge in [0, 0.05) is 5.69 Å². The fourth-order valence-corrected chi connectivity index (χ4v) is 2.27. The van der Waals surface area contributed by atoms with Crippen molar-refractivity contribution in [2.24, 2.45) is 0 Å². The van der Waals surface area contributed by atoms with Gasteiger partial charge in [-0.2, -0.15) is 18.3 Å². The number of aliphatic carboxylic acids is 1. The van der Waals surface area contributed by atoms with Crippen molar-refractivity contribution in [3.05, 3.63) is 17.5 Å². The van der Waals surface area contributed by atoms with Crippen LogP contribution in [0.4, 0.5) is 13.2 Å². The zero-order chi connectivity index (χ0) is 17.8. The highest BCUT2D eigenvalue weighted by Gasteiger charge is 2.36. The number of nitrogens with zero attached hydrogens (tertiary/aromatic N) is 2. The van der Waals surface area contributed by atoms with Crippen LogP contribution in [0.25, 0.3) is 0 Å². The molecular weight excluding hydrogens is 315 g/mol. The number of hydrogen-bond donors (Lipinski definition) is 2. The monoisotopic (exact) mass is 335 g/mol. The molecule has 0 radical (unpaired) electrons. The Labute approximate surface area is 131 Å². The molecule has 130 valence electrons. The molecule has 0 aliphatic carbocycles. The molecule has 1 atom stereocenters. The number of aryl methyl sites for hydroxylation is 1. The fraction of sp³-hybridized carbons (Fsp3) is 0.643. The van der Waals surface area contributed by atoms with Crippen LogP contribution < -0.4 is 5.32 Å². The van der Waals surface area contributed by atoms with Crippen LogP contribution >= 0.6 is 0 Å². The van der Waals surface area contributed by atoms with E-state index in [4.69, 9.17) is 5.11 Å². The summed E-state index contributed by atoms with van der Waals surface area (Å²) >= 11 is 0. The van der Waals surface area contributed by atoms with Crippen molar-refractivity contribution in [3.8, 4) is 0 Å². The second kappa shape index (κ2) is 7.47. The van der Waals surface area contributed by atoms with Gasteiger partial charge in [-0.15, -0.1) is 0 Å². The van der Waals surface area contributed by atoms with Gasteiger partial charge < -0.3 is 10.4 Å². The van der Waals surface area contributed by atoms with Gasteiger partial charge in [0.1, 0.15) is 11.7 Å². The van der Waals surface area contributed by atoms with Gasteiger partial charge >= 0.3 is 12.1 Å². The maximum atomic E-state index is 12.4. The Morgan fingerprint density at radius 3 is 2.35 bits per heavy atom. The summed E-state index contributed by atoms with van der Waals surface area (Å²) in [6.45, 7) is 5.64. The summed E-state index contributed by atoms with van der Waals surface area (Å²) < 4.78 is 38.7. The predicted molar refractivity (Wildman–Crippen MR) is 76.1 cm³/mol. The Balaban J connectivity index is 2.92. The third-order valence-electron chi connectivity index (χ3n) is 3.48. The quantitative estimate of drug-likeness (QED) is 0.802. The molecule has 1 unspecified atom stereocenters. The first-order valence-corrected chi connectivity index (χ1v) is 7.25. The smallest absolute Gasteiger partial charge is 0.391 e. The van der Waals surface area contributed by atoms with Gasteiger partial charge in [0.15, 0.2) is 0 Å². The first kappa shape index (κ1) is 19.0. The number of halogens is 3. The summed E-state index contributed by atoms with van der Waals surface area (Å²) in [5, 5.41) is 14.8. The maximum Gasteiger partial charge on any atom is 0.391 e. The zero-order valence-corrected chi connectivity index (χ0v) is 13.1. The highest BCUT2D eigenvalue weighted by Crippen LogP contribution is 2.22. The van der Waals surface area contributed by atoms with Crippen molar-refractivity contribution in [2.75, 3.05) is 0 Å². The number of aromatic nitrogens is 2. The van der Waals surface area contributed by atoms with Crippen LogP contribution in [0.15, 0.2) is 6.07 Å². The molecular formula is C14H20F3N3O3. The van der Waals surface area contributed by atoms with Crippen LogP contribution in [0.3, 0.4) is 0 Å². The number of nitrogens with one attached hydrogen (secondary N) is 1. The van der Waals surface area contributed by atoms with Gasteiger partial charge in [0.05, 0.1) is 12.5 Å². The number of hydrogen-bond acceptors (Lipinski definition) is 3. The number of amides is 1. The average Bonchev–Trinajstić information content (AvgIpc) is 2.80. The molecule has 6 nitrogen and oxygen atoms in total. The molecule has 0 saturated carbocycles. The van der Waals surface area contributed by atoms with E-state index in [1.165, 1.54) is 6.07 Å². The van der Waals surface area contributed by atoms with Gasteiger partial charge in [-0.1, -0.05) is 13.8 Å². The topological polar surface area (TPSA) is 84.2 Å². The molecule has 0 aliphatic rings. The number of carbonyl (C=O) groups is 2. The molecule has 1 aromatic rings. The molecule has 1 rings (SSSR count). The highest BCUT2D eigenvalue weighted by molar-refractivity contribution is 5.95. The van der Waals surface area contributed by atoms with Crippen molar-refractivity contribution in [1.29, 1.82) is 0 Å². The molecule has 0 spiro atoms. The molecule has 0 aromatic carbocycles. The second-order valence-corrected chi connectivity index (χ2v) is 5.27. The van der Waals surface area contributed by atoms with Gasteiger partial charge in [-0.05, 0) is 25.8 Å². The summed E-state index contributed by atoms with van der Waals surface area (Å²) in [7, 11) is 0. The largest absolute Gasteiger partial charge is 0.480 e. The van der Waals surface area contributed by atoms with Crippen molar-refractivity contribution in [3.63, 3.8) is 0 Å². The summed E-state index contributed by atoms with van der Waals surface area (Å²) in [6, 6.07) is -0.539. The number of alkyl halides is 3.